The van der Waals surface area contributed by atoms with Gasteiger partial charge in [0, 0.05) is 37.0 Å². The zero-order valence-electron chi connectivity index (χ0n) is 20.0. The topological polar surface area (TPSA) is 169 Å². The molecule has 0 saturated heterocycles. The fraction of sp³-hybridized carbons (Fsp3) is 0.520. The van der Waals surface area contributed by atoms with Gasteiger partial charge in [-0.25, -0.2) is 0 Å². The van der Waals surface area contributed by atoms with Crippen molar-refractivity contribution < 1.29 is 35.4 Å². The smallest absolute Gasteiger partial charge is 0.157 e. The number of nitrogens with one attached hydrogen (secondary N) is 1. The van der Waals surface area contributed by atoms with Crippen molar-refractivity contribution in [2.75, 3.05) is 19.7 Å². The highest BCUT2D eigenvalue weighted by molar-refractivity contribution is 5.43. The molecule has 3 rings (SSSR count). The van der Waals surface area contributed by atoms with Gasteiger partial charge in [0.1, 0.15) is 18.5 Å². The van der Waals surface area contributed by atoms with Crippen LogP contribution in [0.1, 0.15) is 43.6 Å². The van der Waals surface area contributed by atoms with E-state index in [-0.39, 0.29) is 30.2 Å². The summed E-state index contributed by atoms with van der Waals surface area (Å²) in [5, 5.41) is 60.0. The number of ether oxygens (including phenoxy) is 1. The second kappa shape index (κ2) is 12.3. The minimum atomic E-state index is -0.795. The molecule has 0 radical (unpaired) electrons. The van der Waals surface area contributed by atoms with Crippen molar-refractivity contribution in [3.63, 3.8) is 0 Å². The van der Waals surface area contributed by atoms with Crippen molar-refractivity contribution in [2.24, 2.45) is 5.73 Å². The molecule has 2 aromatic carbocycles. The fourth-order valence-corrected chi connectivity index (χ4v) is 3.43. The van der Waals surface area contributed by atoms with Crippen LogP contribution in [0.15, 0.2) is 36.4 Å². The second-order valence-electron chi connectivity index (χ2n) is 9.53. The van der Waals surface area contributed by atoms with Crippen molar-refractivity contribution >= 4 is 0 Å². The van der Waals surface area contributed by atoms with E-state index in [1.165, 1.54) is 18.2 Å². The summed E-state index contributed by atoms with van der Waals surface area (Å²) in [6, 6.07) is 9.75. The normalized spacial score (nSPS) is 19.4. The number of rotatable bonds is 7. The van der Waals surface area contributed by atoms with Crippen molar-refractivity contribution in [1.82, 2.24) is 5.32 Å². The van der Waals surface area contributed by atoms with Crippen LogP contribution in [0.3, 0.4) is 0 Å². The first-order valence-corrected chi connectivity index (χ1v) is 11.3. The van der Waals surface area contributed by atoms with Crippen molar-refractivity contribution in [1.29, 1.82) is 0 Å². The van der Waals surface area contributed by atoms with Gasteiger partial charge in [-0.1, -0.05) is 18.2 Å². The van der Waals surface area contributed by atoms with Crippen LogP contribution in [0.5, 0.6) is 17.2 Å². The molecule has 0 heterocycles. The Hall–Kier alpha value is -2.40. The highest BCUT2D eigenvalue weighted by Gasteiger charge is 2.27. The summed E-state index contributed by atoms with van der Waals surface area (Å²) in [6.07, 6.45) is -2.06. The Morgan fingerprint density at radius 3 is 2.32 bits per heavy atom. The van der Waals surface area contributed by atoms with E-state index in [4.69, 9.17) is 20.7 Å². The van der Waals surface area contributed by atoms with Gasteiger partial charge in [0.2, 0.25) is 0 Å². The average Bonchev–Trinajstić information content (AvgIpc) is 2.78. The summed E-state index contributed by atoms with van der Waals surface area (Å²) in [5.41, 5.74) is 7.57. The fourth-order valence-electron chi connectivity index (χ4n) is 3.43. The Bertz CT molecular complexity index is 917. The number of fused-ring (bicyclic) bond motifs is 1. The number of hydrogen-bond acceptors (Lipinski definition) is 9. The first kappa shape index (κ1) is 27.8. The van der Waals surface area contributed by atoms with Gasteiger partial charge in [-0.05, 0) is 50.1 Å². The van der Waals surface area contributed by atoms with Crippen molar-refractivity contribution in [2.45, 2.75) is 63.6 Å². The summed E-state index contributed by atoms with van der Waals surface area (Å²) in [7, 11) is 0. The Kier molecular flexibility index (Phi) is 10.1. The number of phenolic OH excluding ortho intramolecular Hbond substituents is 2. The predicted octanol–water partition coefficient (Wildman–Crippen LogP) is 0.725. The Morgan fingerprint density at radius 1 is 1.03 bits per heavy atom. The van der Waals surface area contributed by atoms with E-state index in [0.717, 1.165) is 11.1 Å². The number of aromatic hydroxyl groups is 2. The van der Waals surface area contributed by atoms with E-state index in [0.29, 0.717) is 30.7 Å². The van der Waals surface area contributed by atoms with Gasteiger partial charge >= 0.3 is 0 Å². The maximum Gasteiger partial charge on any atom is 0.157 e. The lowest BCUT2D eigenvalue weighted by Crippen LogP contribution is -2.42. The van der Waals surface area contributed by atoms with Crippen LogP contribution in [0.2, 0.25) is 0 Å². The molecule has 0 aromatic heterocycles. The molecule has 0 aliphatic heterocycles. The van der Waals surface area contributed by atoms with Gasteiger partial charge in [-0.15, -0.1) is 0 Å². The number of phenols is 2. The highest BCUT2D eigenvalue weighted by Crippen LogP contribution is 2.30. The summed E-state index contributed by atoms with van der Waals surface area (Å²) in [5.74, 6) is 0.223. The molecule has 1 unspecified atom stereocenters. The van der Waals surface area contributed by atoms with E-state index < -0.39 is 24.4 Å². The van der Waals surface area contributed by atoms with Gasteiger partial charge < -0.3 is 46.4 Å². The summed E-state index contributed by atoms with van der Waals surface area (Å²) >= 11 is 0. The van der Waals surface area contributed by atoms with E-state index in [1.54, 1.807) is 0 Å². The van der Waals surface area contributed by atoms with Crippen LogP contribution in [0.4, 0.5) is 0 Å². The molecular formula is C25H38N2O7. The number of β-amino-alcohol motifs (C(OH)–C–C–N with tert-alkyl or cyclic N) is 1. The van der Waals surface area contributed by atoms with E-state index in [1.807, 2.05) is 39.0 Å². The molecule has 0 saturated carbocycles. The largest absolute Gasteiger partial charge is 0.504 e. The highest BCUT2D eigenvalue weighted by atomic mass is 16.5. The molecular weight excluding hydrogens is 440 g/mol. The molecule has 0 fully saturated rings. The van der Waals surface area contributed by atoms with Gasteiger partial charge in [-0.3, -0.25) is 0 Å². The summed E-state index contributed by atoms with van der Waals surface area (Å²) < 4.78 is 5.73. The number of aliphatic hydroxyl groups excluding tert-OH is 4. The maximum absolute atomic E-state index is 10.00. The monoisotopic (exact) mass is 478 g/mol. The molecule has 4 atom stereocenters. The first-order chi connectivity index (χ1) is 15.9. The lowest BCUT2D eigenvalue weighted by molar-refractivity contribution is 0.0132. The number of aliphatic hydroxyl groups is 4. The SMILES string of the molecule is CC(C)(C)NCC(O)COc1cccc2c1C[C@H](O)[C@H](O)C2.NC[C@H](O)c1ccc(O)c(O)c1. The molecule has 2 aromatic rings. The van der Waals surface area contributed by atoms with Crippen LogP contribution in [-0.4, -0.2) is 74.2 Å². The number of benzene rings is 2. The standard InChI is InChI=1S/C17H27NO4.C8H11NO3/c1-17(2,3)18-9-12(19)10-22-16-6-4-5-11-7-14(20)15(21)8-13(11)16;9-4-8(12)5-1-2-6(10)7(11)3-5/h4-6,12,14-15,18-21H,7-10H2,1-3H3;1-3,8,10-12H,4,9H2/t12?,14-,15+;8-/m10/s1. The molecule has 1 aliphatic carbocycles. The van der Waals surface area contributed by atoms with Crippen LogP contribution in [-0.2, 0) is 12.8 Å². The average molecular weight is 479 g/mol. The van der Waals surface area contributed by atoms with E-state index in [9.17, 15) is 20.4 Å². The lowest BCUT2D eigenvalue weighted by atomic mass is 9.87. The molecule has 9 N–H and O–H groups in total. The molecule has 34 heavy (non-hydrogen) atoms. The number of nitrogens with two attached hydrogens (primary N) is 1. The molecule has 1 aliphatic rings. The van der Waals surface area contributed by atoms with Gasteiger partial charge in [0.05, 0.1) is 18.3 Å². The lowest BCUT2D eigenvalue weighted by Gasteiger charge is -2.28. The quantitative estimate of drug-likeness (QED) is 0.267. The molecule has 9 nitrogen and oxygen atoms in total. The molecule has 0 spiro atoms. The zero-order chi connectivity index (χ0) is 25.5. The Labute approximate surface area is 200 Å². The summed E-state index contributed by atoms with van der Waals surface area (Å²) in [6.45, 7) is 6.87. The van der Waals surface area contributed by atoms with Crippen molar-refractivity contribution in [3.05, 3.63) is 53.1 Å². The van der Waals surface area contributed by atoms with Gasteiger partial charge in [0.25, 0.3) is 0 Å². The molecule has 0 amide bonds. The van der Waals surface area contributed by atoms with Gasteiger partial charge in [-0.2, -0.15) is 0 Å². The van der Waals surface area contributed by atoms with Crippen molar-refractivity contribution in [3.8, 4) is 17.2 Å². The van der Waals surface area contributed by atoms with Crippen LogP contribution in [0, 0.1) is 0 Å². The third-order valence-corrected chi connectivity index (χ3v) is 5.42. The minimum absolute atomic E-state index is 0.0485. The van der Waals surface area contributed by atoms with Crippen LogP contribution >= 0.6 is 0 Å². The number of hydrogen-bond donors (Lipinski definition) is 8. The zero-order valence-corrected chi connectivity index (χ0v) is 20.0. The Balaban J connectivity index is 0.000000287. The molecule has 0 bridgehead atoms. The van der Waals surface area contributed by atoms with Gasteiger partial charge in [0.15, 0.2) is 11.5 Å². The van der Waals surface area contributed by atoms with E-state index in [2.05, 4.69) is 5.32 Å². The third kappa shape index (κ3) is 8.43. The molecule has 190 valence electrons. The first-order valence-electron chi connectivity index (χ1n) is 11.3. The van der Waals surface area contributed by atoms with Crippen LogP contribution < -0.4 is 15.8 Å². The third-order valence-electron chi connectivity index (χ3n) is 5.42. The van der Waals surface area contributed by atoms with Crippen LogP contribution in [0.25, 0.3) is 0 Å². The predicted molar refractivity (Wildman–Crippen MR) is 129 cm³/mol. The summed E-state index contributed by atoms with van der Waals surface area (Å²) in [4.78, 5) is 0. The Morgan fingerprint density at radius 2 is 1.71 bits per heavy atom. The van der Waals surface area contributed by atoms with E-state index >= 15 is 0 Å². The minimum Gasteiger partial charge on any atom is -0.504 e. The molecule has 9 heteroatoms. The maximum atomic E-state index is 10.00. The second-order valence-corrected chi connectivity index (χ2v) is 9.53.